The molecule has 0 rings (SSSR count). The molecule has 0 bridgehead atoms. The zero-order valence-corrected chi connectivity index (χ0v) is 10.9. The summed E-state index contributed by atoms with van der Waals surface area (Å²) in [6.07, 6.45) is 0. The topological polar surface area (TPSA) is 23.8 Å². The van der Waals surface area contributed by atoms with Crippen molar-refractivity contribution in [3.63, 3.8) is 0 Å². The maximum Gasteiger partial charge on any atom is 0 e. The van der Waals surface area contributed by atoms with Gasteiger partial charge in [0.25, 0.3) is 0 Å². The summed E-state index contributed by atoms with van der Waals surface area (Å²) in [4.78, 5) is 0. The van der Waals surface area contributed by atoms with Crippen LogP contribution in [0.1, 0.15) is 0 Å². The van der Waals surface area contributed by atoms with Gasteiger partial charge in [0.05, 0.1) is 0 Å². The van der Waals surface area contributed by atoms with Gasteiger partial charge in [0, 0.05) is 26.1 Å². The molecule has 1 nitrogen and oxygen atoms in total. The van der Waals surface area contributed by atoms with Gasteiger partial charge >= 0.3 is 27.3 Å². The van der Waals surface area contributed by atoms with Crippen LogP contribution in [0.2, 0.25) is 0 Å². The van der Waals surface area contributed by atoms with Gasteiger partial charge in [0.1, 0.15) is 0 Å². The van der Waals surface area contributed by atoms with Gasteiger partial charge in [-0.25, -0.2) is 5.26 Å². The predicted molar refractivity (Wildman–Crippen MR) is 15.2 cm³/mol. The van der Waals surface area contributed by atoms with Crippen molar-refractivity contribution >= 4 is 27.3 Å². The summed E-state index contributed by atoms with van der Waals surface area (Å²) in [7, 11) is 0. The standard InChI is InChI=1S/CHN.Pb.Zn.2H/c1-2;;;;/h1H;;;;. The van der Waals surface area contributed by atoms with Gasteiger partial charge in [0.15, 0.2) is 0 Å². The molecule has 0 heterocycles. The summed E-state index contributed by atoms with van der Waals surface area (Å²) in [5.41, 5.74) is 0. The molecule has 0 aliphatic heterocycles. The van der Waals surface area contributed by atoms with Crippen LogP contribution in [0.5, 0.6) is 0 Å². The Morgan fingerprint density at radius 2 is 1.25 bits per heavy atom. The molecule has 0 saturated carbocycles. The van der Waals surface area contributed by atoms with E-state index in [1.54, 1.807) is 0 Å². The average Bonchev–Trinajstić information content (AvgIpc) is 1.00. The first-order chi connectivity index (χ1) is 1.00. The van der Waals surface area contributed by atoms with Gasteiger partial charge in [0.2, 0.25) is 0 Å². The minimum atomic E-state index is 0. The molecule has 0 aromatic carbocycles. The summed E-state index contributed by atoms with van der Waals surface area (Å²) in [5.74, 6) is 0. The van der Waals surface area contributed by atoms with Gasteiger partial charge < -0.3 is 0 Å². The fraction of sp³-hybridized carbons (Fsp3) is 0. The van der Waals surface area contributed by atoms with Crippen molar-refractivity contribution in [3.05, 3.63) is 0 Å². The number of rotatable bonds is 0. The second-order valence-electron chi connectivity index (χ2n) is 0. The van der Waals surface area contributed by atoms with E-state index in [0.29, 0.717) is 0 Å². The zero-order chi connectivity index (χ0) is 2.00. The minimum Gasteiger partial charge on any atom is 0 e. The molecule has 18 valence electrons. The molecule has 0 spiro atoms. The number of nitriles is 1. The average molecular weight is 302 g/mol. The Labute approximate surface area is 58.3 Å². The summed E-state index contributed by atoms with van der Waals surface area (Å²) in [5, 5.41) is 6.50. The van der Waals surface area contributed by atoms with E-state index in [1.165, 1.54) is 0 Å². The van der Waals surface area contributed by atoms with E-state index in [-0.39, 0.29) is 46.8 Å². The third-order valence-electron chi connectivity index (χ3n) is 0. The van der Waals surface area contributed by atoms with Crippen molar-refractivity contribution in [2.75, 3.05) is 0 Å². The fourth-order valence-corrected chi connectivity index (χ4v) is 0. The van der Waals surface area contributed by atoms with Crippen LogP contribution in [-0.4, -0.2) is 27.3 Å². The summed E-state index contributed by atoms with van der Waals surface area (Å²) < 4.78 is 0. The van der Waals surface area contributed by atoms with Crippen molar-refractivity contribution in [1.82, 2.24) is 0 Å². The molecule has 0 unspecified atom stereocenters. The summed E-state index contributed by atoms with van der Waals surface area (Å²) in [6, 6.07) is 0. The third-order valence-corrected chi connectivity index (χ3v) is 0. The fourth-order valence-electron chi connectivity index (χ4n) is 0. The molecular formula is CH3NPbZn. The van der Waals surface area contributed by atoms with Gasteiger partial charge in [-0.1, -0.05) is 0 Å². The first kappa shape index (κ1) is 19.8. The second-order valence-corrected chi connectivity index (χ2v) is 0. The Bertz CT molecular complexity index is 12.8. The van der Waals surface area contributed by atoms with E-state index in [0.717, 1.165) is 0 Å². The van der Waals surface area contributed by atoms with Crippen LogP contribution in [0, 0.1) is 11.8 Å². The maximum atomic E-state index is 6.50. The minimum absolute atomic E-state index is 0. The Kier molecular flexibility index (Phi) is 172. The van der Waals surface area contributed by atoms with Gasteiger partial charge in [-0.2, -0.15) is 0 Å². The van der Waals surface area contributed by atoms with Crippen LogP contribution in [0.15, 0.2) is 0 Å². The zero-order valence-electron chi connectivity index (χ0n) is 2.44. The van der Waals surface area contributed by atoms with Crippen molar-refractivity contribution in [2.24, 2.45) is 0 Å². The summed E-state index contributed by atoms with van der Waals surface area (Å²) in [6.45, 7) is 3.50. The van der Waals surface area contributed by atoms with Crippen molar-refractivity contribution < 1.29 is 19.5 Å². The van der Waals surface area contributed by atoms with Gasteiger partial charge in [-0.3, -0.25) is 0 Å². The molecule has 3 heteroatoms. The molecule has 0 saturated heterocycles. The smallest absolute Gasteiger partial charge is 0 e. The quantitative estimate of drug-likeness (QED) is 0.539. The molecule has 4 heavy (non-hydrogen) atoms. The predicted octanol–water partition coefficient (Wildman–Crippen LogP) is -0.779. The SMILES string of the molecule is C#N.[PbH2].[Zn]. The van der Waals surface area contributed by atoms with Crippen molar-refractivity contribution in [1.29, 1.82) is 5.26 Å². The van der Waals surface area contributed by atoms with E-state index >= 15 is 0 Å². The van der Waals surface area contributed by atoms with Crippen molar-refractivity contribution in [3.8, 4) is 6.57 Å². The third kappa shape index (κ3) is 11.7. The molecule has 0 aliphatic rings. The Morgan fingerprint density at radius 3 is 1.25 bits per heavy atom. The molecule has 0 amide bonds. The van der Waals surface area contributed by atoms with Crippen LogP contribution in [0.4, 0.5) is 0 Å². The molecule has 0 aliphatic carbocycles. The Hall–Kier alpha value is 1.04. The van der Waals surface area contributed by atoms with E-state index < -0.39 is 0 Å². The largest absolute Gasteiger partial charge is 0 e. The normalized spacial score (nSPS) is 0.500. The van der Waals surface area contributed by atoms with Crippen molar-refractivity contribution in [2.45, 2.75) is 0 Å². The van der Waals surface area contributed by atoms with E-state index in [4.69, 9.17) is 5.26 Å². The molecule has 0 aromatic heterocycles. The molecule has 2 radical (unpaired) electrons. The number of hydrogen-bond donors (Lipinski definition) is 0. The van der Waals surface area contributed by atoms with Crippen LogP contribution < -0.4 is 0 Å². The molecular weight excluding hydrogens is 299 g/mol. The molecule has 0 aromatic rings. The maximum absolute atomic E-state index is 6.50. The van der Waals surface area contributed by atoms with E-state index in [1.807, 2.05) is 0 Å². The Morgan fingerprint density at radius 1 is 1.25 bits per heavy atom. The van der Waals surface area contributed by atoms with Crippen LogP contribution in [0.25, 0.3) is 0 Å². The van der Waals surface area contributed by atoms with Gasteiger partial charge in [-0.15, -0.1) is 0 Å². The van der Waals surface area contributed by atoms with Gasteiger partial charge in [-0.05, 0) is 0 Å². The second kappa shape index (κ2) is 34.7. The molecule has 0 atom stereocenters. The number of hydrogen-bond acceptors (Lipinski definition) is 1. The molecule has 0 fully saturated rings. The van der Waals surface area contributed by atoms with Crippen LogP contribution in [0.3, 0.4) is 0 Å². The van der Waals surface area contributed by atoms with Crippen LogP contribution in [-0.2, 0) is 19.5 Å². The monoisotopic (exact) mass is 301 g/mol. The Balaban J connectivity index is -0.00000000500. The first-order valence-corrected chi connectivity index (χ1v) is 0.258. The van der Waals surface area contributed by atoms with E-state index in [9.17, 15) is 0 Å². The number of nitrogens with zero attached hydrogens (tertiary/aromatic N) is 1. The first-order valence-electron chi connectivity index (χ1n) is 0.258. The van der Waals surface area contributed by atoms with Crippen LogP contribution >= 0.6 is 0 Å². The summed E-state index contributed by atoms with van der Waals surface area (Å²) >= 11 is 0. The molecule has 0 N–H and O–H groups in total. The van der Waals surface area contributed by atoms with E-state index in [2.05, 4.69) is 6.57 Å².